The van der Waals surface area contributed by atoms with E-state index in [0.717, 1.165) is 0 Å². The van der Waals surface area contributed by atoms with Crippen LogP contribution in [0, 0.1) is 0 Å². The summed E-state index contributed by atoms with van der Waals surface area (Å²) in [6.07, 6.45) is 1.51. The van der Waals surface area contributed by atoms with Crippen molar-refractivity contribution in [2.24, 2.45) is 0 Å². The van der Waals surface area contributed by atoms with E-state index in [0.29, 0.717) is 0 Å². The summed E-state index contributed by atoms with van der Waals surface area (Å²) in [5.41, 5.74) is -0.0222. The molecule has 0 aliphatic rings. The van der Waals surface area contributed by atoms with E-state index in [1.54, 1.807) is 0 Å². The van der Waals surface area contributed by atoms with E-state index in [2.05, 4.69) is 10.2 Å². The monoisotopic (exact) mass is 199 g/mol. The van der Waals surface area contributed by atoms with Crippen molar-refractivity contribution in [3.63, 3.8) is 0 Å². The van der Waals surface area contributed by atoms with E-state index in [-0.39, 0.29) is 40.2 Å². The largest absolute Gasteiger partial charge is 1.00 e. The minimum absolute atomic E-state index is 0. The fraction of sp³-hybridized carbons (Fsp3) is 0. The molecule has 60 valence electrons. The van der Waals surface area contributed by atoms with Crippen molar-refractivity contribution in [3.05, 3.63) is 21.9 Å². The molecule has 0 aliphatic heterocycles. The molecular formula is C5H2Cl2LiN2O2-. The zero-order valence-corrected chi connectivity index (χ0v) is 7.60. The molecule has 0 spiro atoms. The second-order valence-corrected chi connectivity index (χ2v) is 2.26. The van der Waals surface area contributed by atoms with Crippen LogP contribution in [-0.4, -0.2) is 22.0 Å². The summed E-state index contributed by atoms with van der Waals surface area (Å²) in [6.45, 7) is 0. The van der Waals surface area contributed by atoms with Crippen molar-refractivity contribution < 1.29 is 29.1 Å². The van der Waals surface area contributed by atoms with Crippen LogP contribution in [0.5, 0.6) is 0 Å². The van der Waals surface area contributed by atoms with Gasteiger partial charge in [-0.1, -0.05) is 22.7 Å². The van der Waals surface area contributed by atoms with E-state index in [1.165, 1.54) is 12.4 Å². The Morgan fingerprint density at radius 2 is 1.92 bits per heavy atom. The maximum absolute atomic E-state index is 9.98. The van der Waals surface area contributed by atoms with Crippen molar-refractivity contribution in [1.82, 2.24) is 10.2 Å². The van der Waals surface area contributed by atoms with Gasteiger partial charge in [0.1, 0.15) is 5.15 Å². The van der Waals surface area contributed by atoms with E-state index in [4.69, 9.17) is 23.2 Å². The predicted molar refractivity (Wildman–Crippen MR) is 38.8 cm³/mol. The zero-order valence-electron chi connectivity index (χ0n) is 6.08. The molecule has 0 radical (unpaired) electrons. The molecule has 0 aromatic carbocycles. The normalized spacial score (nSPS) is 7.83. The van der Waals surface area contributed by atoms with Crippen LogP contribution >= 0.6 is 23.2 Å². The third kappa shape index (κ3) is 3.52. The summed E-state index contributed by atoms with van der Waals surface area (Å²) in [5.74, 6) is 0. The summed E-state index contributed by atoms with van der Waals surface area (Å²) < 4.78 is 0. The Morgan fingerprint density at radius 3 is 2.33 bits per heavy atom. The summed E-state index contributed by atoms with van der Waals surface area (Å²) in [4.78, 5) is 9.98. The predicted octanol–water partition coefficient (Wildman–Crippen LogP) is -1.93. The Bertz CT molecular complexity index is 272. The Kier molecular flexibility index (Phi) is 7.70. The fourth-order valence-electron chi connectivity index (χ4n) is 0.416. The molecule has 7 heteroatoms. The molecule has 12 heavy (non-hydrogen) atoms. The molecule has 1 aromatic rings. The minimum Gasteiger partial charge on any atom is -0.870 e. The Balaban J connectivity index is 0. The third-order valence-corrected chi connectivity index (χ3v) is 1.29. The van der Waals surface area contributed by atoms with Crippen LogP contribution in [0.15, 0.2) is 6.07 Å². The van der Waals surface area contributed by atoms with Gasteiger partial charge >= 0.3 is 18.9 Å². The first-order valence-corrected chi connectivity index (χ1v) is 3.06. The van der Waals surface area contributed by atoms with Crippen LogP contribution in [0.2, 0.25) is 10.2 Å². The van der Waals surface area contributed by atoms with Gasteiger partial charge in [0.15, 0.2) is 0 Å². The summed E-state index contributed by atoms with van der Waals surface area (Å²) in [5, 5.41) is 7.06. The van der Waals surface area contributed by atoms with Crippen molar-refractivity contribution >= 4 is 29.5 Å². The molecule has 0 unspecified atom stereocenters. The maximum Gasteiger partial charge on any atom is 1.00 e. The molecule has 4 nitrogen and oxygen atoms in total. The zero-order chi connectivity index (χ0) is 7.56. The first-order chi connectivity index (χ1) is 4.74. The van der Waals surface area contributed by atoms with Crippen molar-refractivity contribution in [1.29, 1.82) is 0 Å². The molecule has 1 heterocycles. The molecule has 1 rings (SSSR count). The molecule has 0 saturated carbocycles. The Hall–Kier alpha value is -0.113. The summed E-state index contributed by atoms with van der Waals surface area (Å²) in [6, 6.07) is 1.33. The molecule has 1 N–H and O–H groups in total. The molecule has 0 aliphatic carbocycles. The van der Waals surface area contributed by atoms with Crippen molar-refractivity contribution in [2.75, 3.05) is 0 Å². The van der Waals surface area contributed by atoms with Crippen LogP contribution in [0.3, 0.4) is 0 Å². The van der Waals surface area contributed by atoms with Gasteiger partial charge in [-0.3, -0.25) is 0 Å². The van der Waals surface area contributed by atoms with Crippen molar-refractivity contribution in [2.45, 2.75) is 0 Å². The van der Waals surface area contributed by atoms with Crippen LogP contribution in [0.25, 0.3) is 0 Å². The van der Waals surface area contributed by atoms with Crippen LogP contribution in [0.1, 0.15) is 5.69 Å². The summed E-state index contributed by atoms with van der Waals surface area (Å²) in [7, 11) is 0. The second kappa shape index (κ2) is 6.41. The van der Waals surface area contributed by atoms with Gasteiger partial charge in [0.2, 0.25) is 0 Å². The van der Waals surface area contributed by atoms with Crippen LogP contribution < -0.4 is 18.9 Å². The van der Waals surface area contributed by atoms with Gasteiger partial charge in [0, 0.05) is 6.29 Å². The van der Waals surface area contributed by atoms with Crippen LogP contribution in [0.4, 0.5) is 0 Å². The molecule has 0 amide bonds. The van der Waals surface area contributed by atoms with Crippen LogP contribution in [-0.2, 0) is 4.79 Å². The molecule has 0 fully saturated rings. The molecular weight excluding hydrogens is 198 g/mol. The quantitative estimate of drug-likeness (QED) is 0.390. The van der Waals surface area contributed by atoms with Gasteiger partial charge in [-0.25, -0.2) is 11.6 Å². The Morgan fingerprint density at radius 1 is 1.33 bits per heavy atom. The molecule has 0 bridgehead atoms. The van der Waals surface area contributed by atoms with E-state index in [9.17, 15) is 4.79 Å². The minimum atomic E-state index is -0.0222. The smallest absolute Gasteiger partial charge is 0.870 e. The van der Waals surface area contributed by atoms with Gasteiger partial charge in [-0.2, -0.15) is 5.10 Å². The van der Waals surface area contributed by atoms with Gasteiger partial charge in [-0.15, -0.1) is 5.10 Å². The topological polar surface area (TPSA) is 72.8 Å². The SMILES string of the molecule is O=[C-]c1nnc(Cl)cc1Cl.[Li+].[OH-]. The third-order valence-electron chi connectivity index (χ3n) is 0.814. The standard InChI is InChI=1S/C5HCl2N2O.Li.H2O/c6-3-1-5(7)9-8-4(3)2-10;;/h1H;;1H2/q-1;+1;/p-1. The number of rotatable bonds is 1. The second-order valence-electron chi connectivity index (χ2n) is 1.47. The van der Waals surface area contributed by atoms with Crippen molar-refractivity contribution in [3.8, 4) is 0 Å². The summed E-state index contributed by atoms with van der Waals surface area (Å²) >= 11 is 10.9. The number of nitrogens with zero attached hydrogens (tertiary/aromatic N) is 2. The molecule has 0 atom stereocenters. The average Bonchev–Trinajstić information content (AvgIpc) is 1.88. The number of hydrogen-bond acceptors (Lipinski definition) is 4. The fourth-order valence-corrected chi connectivity index (χ4v) is 0.799. The number of halogens is 2. The number of carbonyl (C=O) groups excluding carboxylic acids is 1. The van der Waals surface area contributed by atoms with Gasteiger partial charge in [0.05, 0.1) is 0 Å². The number of hydrogen-bond donors (Lipinski definition) is 0. The first-order valence-electron chi connectivity index (χ1n) is 2.31. The molecule has 0 saturated heterocycles. The number of aromatic nitrogens is 2. The van der Waals surface area contributed by atoms with E-state index < -0.39 is 0 Å². The van der Waals surface area contributed by atoms with E-state index in [1.807, 2.05) is 0 Å². The van der Waals surface area contributed by atoms with Gasteiger partial charge in [0.25, 0.3) is 0 Å². The maximum atomic E-state index is 9.98. The Labute approximate surface area is 90.8 Å². The van der Waals surface area contributed by atoms with E-state index >= 15 is 0 Å². The van der Waals surface area contributed by atoms with Gasteiger partial charge in [-0.05, 0) is 5.69 Å². The van der Waals surface area contributed by atoms with Gasteiger partial charge < -0.3 is 10.3 Å². The first kappa shape index (κ1) is 14.4. The molecule has 1 aromatic heterocycles. The average molecular weight is 200 g/mol.